The summed E-state index contributed by atoms with van der Waals surface area (Å²) in [6.07, 6.45) is 11.0. The third-order valence-electron chi connectivity index (χ3n) is 3.45. The summed E-state index contributed by atoms with van der Waals surface area (Å²) in [6.45, 7) is 5.47. The number of hydrogen-bond acceptors (Lipinski definition) is 1. The Morgan fingerprint density at radius 1 is 1.41 bits per heavy atom. The first-order valence-electron chi connectivity index (χ1n) is 6.93. The van der Waals surface area contributed by atoms with E-state index in [1.165, 1.54) is 37.8 Å². The Labute approximate surface area is 105 Å². The molecule has 0 aliphatic heterocycles. The van der Waals surface area contributed by atoms with Crippen LogP contribution in [0.25, 0.3) is 0 Å². The van der Waals surface area contributed by atoms with E-state index in [1.54, 1.807) is 5.57 Å². The molecule has 1 aromatic rings. The SMILES string of the molecule is CCCn1cccc1CNCCC1=CCCC1. The molecule has 0 radical (unpaired) electrons. The molecule has 0 amide bonds. The average molecular weight is 232 g/mol. The van der Waals surface area contributed by atoms with Crippen LogP contribution in [0.3, 0.4) is 0 Å². The van der Waals surface area contributed by atoms with Gasteiger partial charge >= 0.3 is 0 Å². The molecule has 94 valence electrons. The van der Waals surface area contributed by atoms with Crippen molar-refractivity contribution in [3.8, 4) is 0 Å². The predicted molar refractivity (Wildman–Crippen MR) is 73.0 cm³/mol. The van der Waals surface area contributed by atoms with Crippen molar-refractivity contribution in [2.24, 2.45) is 0 Å². The lowest BCUT2D eigenvalue weighted by molar-refractivity contribution is 0.600. The van der Waals surface area contributed by atoms with Gasteiger partial charge in [-0.05, 0) is 50.8 Å². The highest BCUT2D eigenvalue weighted by atomic mass is 15.0. The lowest BCUT2D eigenvalue weighted by atomic mass is 10.2. The minimum absolute atomic E-state index is 1.00. The van der Waals surface area contributed by atoms with E-state index in [2.05, 4.69) is 41.2 Å². The number of nitrogens with one attached hydrogen (secondary N) is 1. The summed E-state index contributed by atoms with van der Waals surface area (Å²) in [5, 5.41) is 3.55. The smallest absolute Gasteiger partial charge is 0.0359 e. The van der Waals surface area contributed by atoms with Crippen LogP contribution in [0.15, 0.2) is 30.0 Å². The second kappa shape index (κ2) is 6.65. The molecular weight excluding hydrogens is 208 g/mol. The molecule has 0 saturated carbocycles. The summed E-state index contributed by atoms with van der Waals surface area (Å²) < 4.78 is 2.35. The molecule has 0 atom stereocenters. The molecule has 0 fully saturated rings. The number of allylic oxidation sites excluding steroid dienone is 1. The van der Waals surface area contributed by atoms with E-state index in [9.17, 15) is 0 Å². The quantitative estimate of drug-likeness (QED) is 0.562. The maximum atomic E-state index is 3.55. The van der Waals surface area contributed by atoms with Gasteiger partial charge in [0.1, 0.15) is 0 Å². The maximum Gasteiger partial charge on any atom is 0.0359 e. The standard InChI is InChI=1S/C15H24N2/c1-2-11-17-12-5-8-15(17)13-16-10-9-14-6-3-4-7-14/h5-6,8,12,16H,2-4,7,9-11,13H2,1H3. The highest BCUT2D eigenvalue weighted by Crippen LogP contribution is 2.19. The first kappa shape index (κ1) is 12.4. The van der Waals surface area contributed by atoms with Crippen LogP contribution in [0.4, 0.5) is 0 Å². The van der Waals surface area contributed by atoms with Crippen molar-refractivity contribution in [1.82, 2.24) is 9.88 Å². The van der Waals surface area contributed by atoms with E-state index in [0.717, 1.165) is 19.6 Å². The molecular formula is C15H24N2. The molecule has 1 heterocycles. The number of rotatable bonds is 7. The first-order valence-corrected chi connectivity index (χ1v) is 6.93. The third-order valence-corrected chi connectivity index (χ3v) is 3.45. The Bertz CT molecular complexity index is 363. The summed E-state index contributed by atoms with van der Waals surface area (Å²) in [5.74, 6) is 0. The zero-order valence-corrected chi connectivity index (χ0v) is 10.9. The van der Waals surface area contributed by atoms with E-state index >= 15 is 0 Å². The van der Waals surface area contributed by atoms with Crippen molar-refractivity contribution >= 4 is 0 Å². The van der Waals surface area contributed by atoms with Gasteiger partial charge in [0.05, 0.1) is 0 Å². The number of nitrogens with zero attached hydrogens (tertiary/aromatic N) is 1. The second-order valence-electron chi connectivity index (χ2n) is 4.87. The van der Waals surface area contributed by atoms with Crippen LogP contribution in [0, 0.1) is 0 Å². The maximum absolute atomic E-state index is 3.55. The summed E-state index contributed by atoms with van der Waals surface area (Å²) in [4.78, 5) is 0. The molecule has 0 aromatic carbocycles. The Kier molecular flexibility index (Phi) is 4.87. The van der Waals surface area contributed by atoms with Gasteiger partial charge in [0, 0.05) is 25.0 Å². The van der Waals surface area contributed by atoms with Crippen molar-refractivity contribution in [2.75, 3.05) is 6.54 Å². The highest BCUT2D eigenvalue weighted by Gasteiger charge is 2.04. The fourth-order valence-corrected chi connectivity index (χ4v) is 2.50. The number of aromatic nitrogens is 1. The van der Waals surface area contributed by atoms with Crippen molar-refractivity contribution in [3.05, 3.63) is 35.7 Å². The van der Waals surface area contributed by atoms with Gasteiger partial charge in [0.2, 0.25) is 0 Å². The molecule has 0 bridgehead atoms. The van der Waals surface area contributed by atoms with E-state index < -0.39 is 0 Å². The minimum Gasteiger partial charge on any atom is -0.350 e. The van der Waals surface area contributed by atoms with Gasteiger partial charge in [-0.3, -0.25) is 0 Å². The van der Waals surface area contributed by atoms with Crippen molar-refractivity contribution in [3.63, 3.8) is 0 Å². The van der Waals surface area contributed by atoms with E-state index in [4.69, 9.17) is 0 Å². The minimum atomic E-state index is 1.00. The van der Waals surface area contributed by atoms with Crippen molar-refractivity contribution in [2.45, 2.75) is 52.1 Å². The number of aryl methyl sites for hydroxylation is 1. The molecule has 2 rings (SSSR count). The molecule has 2 heteroatoms. The normalized spacial score (nSPS) is 15.2. The summed E-state index contributed by atoms with van der Waals surface area (Å²) >= 11 is 0. The van der Waals surface area contributed by atoms with Crippen molar-refractivity contribution in [1.29, 1.82) is 0 Å². The van der Waals surface area contributed by atoms with Gasteiger partial charge in [-0.15, -0.1) is 0 Å². The van der Waals surface area contributed by atoms with E-state index in [1.807, 2.05) is 0 Å². The van der Waals surface area contributed by atoms with Gasteiger partial charge in [0.25, 0.3) is 0 Å². The molecule has 1 aliphatic rings. The molecule has 0 spiro atoms. The van der Waals surface area contributed by atoms with Crippen LogP contribution in [0.5, 0.6) is 0 Å². The fraction of sp³-hybridized carbons (Fsp3) is 0.600. The monoisotopic (exact) mass is 232 g/mol. The Morgan fingerprint density at radius 2 is 2.35 bits per heavy atom. The summed E-state index contributed by atoms with van der Waals surface area (Å²) in [7, 11) is 0. The lowest BCUT2D eigenvalue weighted by Crippen LogP contribution is -2.17. The van der Waals surface area contributed by atoms with E-state index in [-0.39, 0.29) is 0 Å². The van der Waals surface area contributed by atoms with Crippen LogP contribution >= 0.6 is 0 Å². The summed E-state index contributed by atoms with van der Waals surface area (Å²) in [6, 6.07) is 4.36. The molecule has 17 heavy (non-hydrogen) atoms. The largest absolute Gasteiger partial charge is 0.350 e. The van der Waals surface area contributed by atoms with Gasteiger partial charge in [-0.25, -0.2) is 0 Å². The van der Waals surface area contributed by atoms with Crippen LogP contribution < -0.4 is 5.32 Å². The van der Waals surface area contributed by atoms with E-state index in [0.29, 0.717) is 0 Å². The molecule has 1 aromatic heterocycles. The Hall–Kier alpha value is -1.02. The molecule has 1 aliphatic carbocycles. The average Bonchev–Trinajstić information content (AvgIpc) is 2.96. The summed E-state index contributed by atoms with van der Waals surface area (Å²) in [5.41, 5.74) is 3.06. The van der Waals surface area contributed by atoms with Gasteiger partial charge in [-0.1, -0.05) is 18.6 Å². The zero-order chi connectivity index (χ0) is 11.9. The Morgan fingerprint density at radius 3 is 3.12 bits per heavy atom. The Balaban J connectivity index is 1.68. The van der Waals surface area contributed by atoms with Crippen molar-refractivity contribution < 1.29 is 0 Å². The van der Waals surface area contributed by atoms with Crippen LogP contribution in [-0.2, 0) is 13.1 Å². The molecule has 0 unspecified atom stereocenters. The van der Waals surface area contributed by atoms with Crippen LogP contribution in [0.1, 0.15) is 44.7 Å². The molecule has 2 nitrogen and oxygen atoms in total. The van der Waals surface area contributed by atoms with Gasteiger partial charge in [-0.2, -0.15) is 0 Å². The predicted octanol–water partition coefficient (Wildman–Crippen LogP) is 3.49. The zero-order valence-electron chi connectivity index (χ0n) is 10.9. The molecule has 0 saturated heterocycles. The highest BCUT2D eigenvalue weighted by molar-refractivity contribution is 5.09. The fourth-order valence-electron chi connectivity index (χ4n) is 2.50. The second-order valence-corrected chi connectivity index (χ2v) is 4.87. The van der Waals surface area contributed by atoms with Crippen LogP contribution in [-0.4, -0.2) is 11.1 Å². The lowest BCUT2D eigenvalue weighted by Gasteiger charge is -2.09. The van der Waals surface area contributed by atoms with Gasteiger partial charge in [0.15, 0.2) is 0 Å². The topological polar surface area (TPSA) is 17.0 Å². The van der Waals surface area contributed by atoms with Crippen LogP contribution in [0.2, 0.25) is 0 Å². The van der Waals surface area contributed by atoms with Gasteiger partial charge < -0.3 is 9.88 Å². The third kappa shape index (κ3) is 3.74. The molecule has 1 N–H and O–H groups in total. The number of hydrogen-bond donors (Lipinski definition) is 1. The first-order chi connectivity index (χ1) is 8.40.